The molecule has 0 atom stereocenters. The van der Waals surface area contributed by atoms with Gasteiger partial charge in [0.05, 0.1) is 0 Å². The van der Waals surface area contributed by atoms with Gasteiger partial charge in [-0.2, -0.15) is 0 Å². The molecule has 10 aromatic carbocycles. The van der Waals surface area contributed by atoms with Gasteiger partial charge in [-0.1, -0.05) is 218 Å². The Labute approximate surface area is 381 Å². The average molecular weight is 846 g/mol. The lowest BCUT2D eigenvalue weighted by atomic mass is 9.91. The molecular formula is C61H39N3S. The maximum Gasteiger partial charge on any atom is 0.164 e. The van der Waals surface area contributed by atoms with Crippen LogP contribution in [0.25, 0.3) is 121 Å². The highest BCUT2D eigenvalue weighted by Gasteiger charge is 2.18. The highest BCUT2D eigenvalue weighted by molar-refractivity contribution is 7.26. The van der Waals surface area contributed by atoms with Crippen LogP contribution in [0.2, 0.25) is 0 Å². The van der Waals surface area contributed by atoms with Crippen LogP contribution >= 0.6 is 11.3 Å². The lowest BCUT2D eigenvalue weighted by Crippen LogP contribution is -2.01. The van der Waals surface area contributed by atoms with Crippen molar-refractivity contribution in [1.29, 1.82) is 0 Å². The maximum absolute atomic E-state index is 5.25. The third-order valence-electron chi connectivity index (χ3n) is 12.4. The monoisotopic (exact) mass is 845 g/mol. The number of rotatable bonds is 8. The molecule has 0 bridgehead atoms. The molecule has 0 spiro atoms. The number of hydrogen-bond acceptors (Lipinski definition) is 4. The van der Waals surface area contributed by atoms with Crippen molar-refractivity contribution in [2.24, 2.45) is 0 Å². The van der Waals surface area contributed by atoms with Crippen LogP contribution in [-0.2, 0) is 0 Å². The first kappa shape index (κ1) is 38.4. The molecule has 0 saturated carbocycles. The standard InChI is InChI=1S/C61H39N3S/c1-3-16-40(17-4-1)44-20-13-22-46(38-44)59-62-60(64-61(63-59)56-28-10-7-24-48(56)41-18-5-2-6-19-41)47-23-14-21-45(39-47)50-37-36-49(52-25-8-9-26-53(50)52)42-32-34-43(35-33-42)51-29-15-30-55-54-27-11-12-31-57(54)65-58(51)55/h1-39H. The molecule has 0 saturated heterocycles. The van der Waals surface area contributed by atoms with Crippen LogP contribution in [0.15, 0.2) is 237 Å². The van der Waals surface area contributed by atoms with Gasteiger partial charge in [-0.15, -0.1) is 11.3 Å². The molecule has 4 heteroatoms. The topological polar surface area (TPSA) is 38.7 Å². The second-order valence-corrected chi connectivity index (χ2v) is 17.4. The lowest BCUT2D eigenvalue weighted by Gasteiger charge is -2.14. The molecular weight excluding hydrogens is 807 g/mol. The van der Waals surface area contributed by atoms with E-state index in [-0.39, 0.29) is 0 Å². The van der Waals surface area contributed by atoms with Gasteiger partial charge in [0.25, 0.3) is 0 Å². The number of aromatic nitrogens is 3. The van der Waals surface area contributed by atoms with Gasteiger partial charge in [0.2, 0.25) is 0 Å². The molecule has 0 aliphatic heterocycles. The fourth-order valence-corrected chi connectivity index (χ4v) is 10.4. The van der Waals surface area contributed by atoms with E-state index in [0.717, 1.165) is 50.1 Å². The third-order valence-corrected chi connectivity index (χ3v) is 13.6. The van der Waals surface area contributed by atoms with Gasteiger partial charge in [-0.3, -0.25) is 0 Å². The fraction of sp³-hybridized carbons (Fsp3) is 0. The van der Waals surface area contributed by atoms with E-state index in [1.165, 1.54) is 53.2 Å². The van der Waals surface area contributed by atoms with Crippen molar-refractivity contribution in [3.63, 3.8) is 0 Å². The summed E-state index contributed by atoms with van der Waals surface area (Å²) in [5.74, 6) is 1.87. The molecule has 2 aromatic heterocycles. The van der Waals surface area contributed by atoms with Crippen molar-refractivity contribution in [2.45, 2.75) is 0 Å². The number of thiophene rings is 1. The van der Waals surface area contributed by atoms with E-state index in [1.807, 2.05) is 23.5 Å². The molecule has 12 aromatic rings. The van der Waals surface area contributed by atoms with Gasteiger partial charge >= 0.3 is 0 Å². The average Bonchev–Trinajstić information content (AvgIpc) is 3.78. The van der Waals surface area contributed by atoms with Gasteiger partial charge < -0.3 is 0 Å². The summed E-state index contributed by atoms with van der Waals surface area (Å²) in [6.45, 7) is 0. The van der Waals surface area contributed by atoms with Gasteiger partial charge in [0, 0.05) is 36.9 Å². The molecule has 304 valence electrons. The van der Waals surface area contributed by atoms with Crippen LogP contribution < -0.4 is 0 Å². The summed E-state index contributed by atoms with van der Waals surface area (Å²) < 4.78 is 2.65. The van der Waals surface area contributed by atoms with Crippen molar-refractivity contribution in [3.05, 3.63) is 237 Å². The number of hydrogen-bond donors (Lipinski definition) is 0. The summed E-state index contributed by atoms with van der Waals surface area (Å²) in [6, 6.07) is 84.1. The highest BCUT2D eigenvalue weighted by atomic mass is 32.1. The molecule has 3 nitrogen and oxygen atoms in total. The second-order valence-electron chi connectivity index (χ2n) is 16.3. The van der Waals surface area contributed by atoms with Crippen LogP contribution in [0.4, 0.5) is 0 Å². The van der Waals surface area contributed by atoms with Crippen molar-refractivity contribution >= 4 is 42.3 Å². The summed E-state index contributed by atoms with van der Waals surface area (Å²) in [5, 5.41) is 5.03. The second kappa shape index (κ2) is 16.4. The van der Waals surface area contributed by atoms with E-state index < -0.39 is 0 Å². The quantitative estimate of drug-likeness (QED) is 0.153. The molecule has 0 amide bonds. The molecule has 0 aliphatic carbocycles. The Morgan fingerprint density at radius 3 is 1.35 bits per heavy atom. The first-order chi connectivity index (χ1) is 32.2. The number of fused-ring (bicyclic) bond motifs is 4. The minimum atomic E-state index is 0.618. The number of benzene rings is 10. The minimum absolute atomic E-state index is 0.618. The predicted molar refractivity (Wildman–Crippen MR) is 274 cm³/mol. The fourth-order valence-electron chi connectivity index (χ4n) is 9.20. The zero-order valence-corrected chi connectivity index (χ0v) is 36.1. The van der Waals surface area contributed by atoms with Crippen molar-refractivity contribution < 1.29 is 0 Å². The van der Waals surface area contributed by atoms with Crippen LogP contribution in [-0.4, -0.2) is 15.0 Å². The smallest absolute Gasteiger partial charge is 0.164 e. The van der Waals surface area contributed by atoms with Gasteiger partial charge in [-0.25, -0.2) is 15.0 Å². The Kier molecular flexibility index (Phi) is 9.70. The molecule has 0 unspecified atom stereocenters. The minimum Gasteiger partial charge on any atom is -0.208 e. The molecule has 12 rings (SSSR count). The lowest BCUT2D eigenvalue weighted by molar-refractivity contribution is 1.07. The molecule has 0 fully saturated rings. The van der Waals surface area contributed by atoms with E-state index in [2.05, 4.69) is 224 Å². The van der Waals surface area contributed by atoms with Gasteiger partial charge in [0.1, 0.15) is 0 Å². The normalized spacial score (nSPS) is 11.4. The summed E-state index contributed by atoms with van der Waals surface area (Å²) in [6.07, 6.45) is 0. The van der Waals surface area contributed by atoms with E-state index in [1.54, 1.807) is 0 Å². The summed E-state index contributed by atoms with van der Waals surface area (Å²) in [7, 11) is 0. The molecule has 2 heterocycles. The first-order valence-electron chi connectivity index (χ1n) is 21.9. The van der Waals surface area contributed by atoms with Gasteiger partial charge in [-0.05, 0) is 84.6 Å². The molecule has 0 aliphatic rings. The van der Waals surface area contributed by atoms with Crippen LogP contribution in [0, 0.1) is 0 Å². The largest absolute Gasteiger partial charge is 0.208 e. The molecule has 0 N–H and O–H groups in total. The Morgan fingerprint density at radius 2 is 0.662 bits per heavy atom. The predicted octanol–water partition coefficient (Wildman–Crippen LogP) is 16.7. The van der Waals surface area contributed by atoms with Crippen molar-refractivity contribution in [3.8, 4) is 89.8 Å². The Bertz CT molecular complexity index is 3710. The van der Waals surface area contributed by atoms with Crippen LogP contribution in [0.1, 0.15) is 0 Å². The highest BCUT2D eigenvalue weighted by Crippen LogP contribution is 2.42. The number of nitrogens with zero attached hydrogens (tertiary/aromatic N) is 3. The van der Waals surface area contributed by atoms with Crippen molar-refractivity contribution in [1.82, 2.24) is 15.0 Å². The zero-order chi connectivity index (χ0) is 43.1. The first-order valence-corrected chi connectivity index (χ1v) is 22.7. The van der Waals surface area contributed by atoms with Crippen LogP contribution in [0.5, 0.6) is 0 Å². The summed E-state index contributed by atoms with van der Waals surface area (Å²) in [4.78, 5) is 15.7. The Hall–Kier alpha value is -8.31. The SMILES string of the molecule is c1ccc(-c2cccc(-c3nc(-c4cccc(-c5ccc(-c6ccc(-c7cccc8c7sc7ccccc78)cc6)c6ccccc56)c4)nc(-c4ccccc4-c4ccccc4)n3)c2)cc1. The van der Waals surface area contributed by atoms with Gasteiger partial charge in [0.15, 0.2) is 17.5 Å². The van der Waals surface area contributed by atoms with E-state index >= 15 is 0 Å². The van der Waals surface area contributed by atoms with E-state index in [0.29, 0.717) is 17.5 Å². The summed E-state index contributed by atoms with van der Waals surface area (Å²) >= 11 is 1.87. The maximum atomic E-state index is 5.25. The summed E-state index contributed by atoms with van der Waals surface area (Å²) in [5.41, 5.74) is 14.3. The Balaban J connectivity index is 0.944. The zero-order valence-electron chi connectivity index (χ0n) is 35.3. The Morgan fingerprint density at radius 1 is 0.231 bits per heavy atom. The third kappa shape index (κ3) is 7.16. The molecule has 0 radical (unpaired) electrons. The van der Waals surface area contributed by atoms with E-state index in [9.17, 15) is 0 Å². The van der Waals surface area contributed by atoms with Crippen LogP contribution in [0.3, 0.4) is 0 Å². The molecule has 65 heavy (non-hydrogen) atoms. The van der Waals surface area contributed by atoms with Crippen molar-refractivity contribution in [2.75, 3.05) is 0 Å². The van der Waals surface area contributed by atoms with E-state index in [4.69, 9.17) is 15.0 Å².